The summed E-state index contributed by atoms with van der Waals surface area (Å²) in [5.74, 6) is 0.539. The number of nitrogens with zero attached hydrogens (tertiary/aromatic N) is 3. The van der Waals surface area contributed by atoms with Crippen molar-refractivity contribution >= 4 is 17.7 Å². The molecule has 0 radical (unpaired) electrons. The summed E-state index contributed by atoms with van der Waals surface area (Å²) < 4.78 is 5.46. The van der Waals surface area contributed by atoms with E-state index in [9.17, 15) is 4.79 Å². The van der Waals surface area contributed by atoms with Gasteiger partial charge in [0.25, 0.3) is 0 Å². The van der Waals surface area contributed by atoms with E-state index < -0.39 is 5.97 Å². The van der Waals surface area contributed by atoms with E-state index in [0.717, 1.165) is 25.3 Å². The van der Waals surface area contributed by atoms with Crippen molar-refractivity contribution in [1.82, 2.24) is 9.97 Å². The summed E-state index contributed by atoms with van der Waals surface area (Å²) in [4.78, 5) is 21.9. The first kappa shape index (κ1) is 15.0. The Labute approximate surface area is 129 Å². The molecule has 1 atom stereocenters. The fourth-order valence-electron chi connectivity index (χ4n) is 2.97. The Morgan fingerprint density at radius 1 is 1.36 bits per heavy atom. The summed E-state index contributed by atoms with van der Waals surface area (Å²) in [6.45, 7) is 2.93. The number of anilines is 2. The zero-order valence-electron chi connectivity index (χ0n) is 12.6. The zero-order chi connectivity index (χ0) is 15.4. The highest BCUT2D eigenvalue weighted by molar-refractivity contribution is 5.70. The van der Waals surface area contributed by atoms with Crippen LogP contribution in [0.2, 0.25) is 0 Å². The highest BCUT2D eigenvalue weighted by Gasteiger charge is 2.25. The Balaban J connectivity index is 1.60. The number of rotatable bonds is 4. The van der Waals surface area contributed by atoms with Crippen LogP contribution < -0.4 is 10.2 Å². The van der Waals surface area contributed by atoms with Gasteiger partial charge in [-0.3, -0.25) is 4.79 Å². The summed E-state index contributed by atoms with van der Waals surface area (Å²) in [6.07, 6.45) is 5.19. The molecule has 0 aliphatic carbocycles. The zero-order valence-corrected chi connectivity index (χ0v) is 12.6. The van der Waals surface area contributed by atoms with Crippen molar-refractivity contribution in [2.75, 3.05) is 36.5 Å². The number of aromatic nitrogens is 2. The molecule has 0 saturated carbocycles. The molecule has 2 saturated heterocycles. The maximum absolute atomic E-state index is 11.0. The predicted octanol–water partition coefficient (Wildman–Crippen LogP) is 1.37. The number of hydrogen-bond donors (Lipinski definition) is 2. The van der Waals surface area contributed by atoms with Gasteiger partial charge < -0.3 is 20.1 Å². The van der Waals surface area contributed by atoms with Crippen LogP contribution in [0.15, 0.2) is 12.3 Å². The van der Waals surface area contributed by atoms with Gasteiger partial charge in [0.2, 0.25) is 5.95 Å². The minimum absolute atomic E-state index is 0.239. The van der Waals surface area contributed by atoms with E-state index in [1.54, 1.807) is 6.20 Å². The lowest BCUT2D eigenvalue weighted by Gasteiger charge is -2.30. The van der Waals surface area contributed by atoms with Crippen molar-refractivity contribution in [2.24, 2.45) is 5.92 Å². The standard InChI is InChI=1S/C15H22N4O3/c20-14(21)11-4-7-19(8-5-11)15-16-6-3-13(18-15)17-12-2-1-9-22-10-12/h3,6,11-12H,1-2,4-5,7-10H2,(H,20,21)(H,16,17,18). The maximum Gasteiger partial charge on any atom is 0.306 e. The molecule has 2 N–H and O–H groups in total. The van der Waals surface area contributed by atoms with E-state index >= 15 is 0 Å². The number of ether oxygens (including phenoxy) is 1. The second-order valence-electron chi connectivity index (χ2n) is 5.90. The number of hydrogen-bond acceptors (Lipinski definition) is 6. The Bertz CT molecular complexity index is 511. The van der Waals surface area contributed by atoms with E-state index in [4.69, 9.17) is 9.84 Å². The van der Waals surface area contributed by atoms with Crippen molar-refractivity contribution in [2.45, 2.75) is 31.7 Å². The van der Waals surface area contributed by atoms with E-state index in [1.807, 2.05) is 6.07 Å². The minimum Gasteiger partial charge on any atom is -0.481 e. The van der Waals surface area contributed by atoms with E-state index in [0.29, 0.717) is 44.5 Å². The van der Waals surface area contributed by atoms with Crippen molar-refractivity contribution in [3.8, 4) is 0 Å². The fourth-order valence-corrected chi connectivity index (χ4v) is 2.97. The topological polar surface area (TPSA) is 87.6 Å². The van der Waals surface area contributed by atoms with Crippen LogP contribution >= 0.6 is 0 Å². The molecule has 3 rings (SSSR count). The van der Waals surface area contributed by atoms with Crippen LogP contribution in [0, 0.1) is 5.92 Å². The first-order chi connectivity index (χ1) is 10.7. The van der Waals surface area contributed by atoms with Crippen LogP contribution in [0.25, 0.3) is 0 Å². The first-order valence-corrected chi connectivity index (χ1v) is 7.87. The molecule has 22 heavy (non-hydrogen) atoms. The van der Waals surface area contributed by atoms with Gasteiger partial charge in [-0.05, 0) is 31.7 Å². The molecule has 7 heteroatoms. The molecule has 1 aromatic rings. The highest BCUT2D eigenvalue weighted by Crippen LogP contribution is 2.22. The Hall–Kier alpha value is -1.89. The third-order valence-electron chi connectivity index (χ3n) is 4.28. The lowest BCUT2D eigenvalue weighted by Crippen LogP contribution is -2.37. The van der Waals surface area contributed by atoms with Crippen LogP contribution in [0.5, 0.6) is 0 Å². The molecule has 0 amide bonds. The average Bonchev–Trinajstić information content (AvgIpc) is 2.56. The van der Waals surface area contributed by atoms with Crippen molar-refractivity contribution in [3.63, 3.8) is 0 Å². The van der Waals surface area contributed by atoms with Crippen LogP contribution in [-0.2, 0) is 9.53 Å². The molecule has 7 nitrogen and oxygen atoms in total. The van der Waals surface area contributed by atoms with Crippen LogP contribution in [0.4, 0.5) is 11.8 Å². The quantitative estimate of drug-likeness (QED) is 0.868. The summed E-state index contributed by atoms with van der Waals surface area (Å²) in [5, 5.41) is 12.4. The Morgan fingerprint density at radius 2 is 2.18 bits per heavy atom. The number of piperidine rings is 1. The van der Waals surface area contributed by atoms with Gasteiger partial charge in [0, 0.05) is 25.9 Å². The van der Waals surface area contributed by atoms with Gasteiger partial charge in [0.1, 0.15) is 5.82 Å². The number of carboxylic acid groups (broad SMARTS) is 1. The summed E-state index contributed by atoms with van der Waals surface area (Å²) in [7, 11) is 0. The number of carboxylic acids is 1. The SMILES string of the molecule is O=C(O)C1CCN(c2nccc(NC3CCCOC3)n2)CC1. The summed E-state index contributed by atoms with van der Waals surface area (Å²) in [5.41, 5.74) is 0. The molecule has 3 heterocycles. The van der Waals surface area contributed by atoms with Gasteiger partial charge in [-0.15, -0.1) is 0 Å². The van der Waals surface area contributed by atoms with Gasteiger partial charge in [-0.1, -0.05) is 0 Å². The van der Waals surface area contributed by atoms with Crippen LogP contribution in [0.3, 0.4) is 0 Å². The molecule has 2 aliphatic heterocycles. The molecule has 2 aliphatic rings. The van der Waals surface area contributed by atoms with E-state index in [-0.39, 0.29) is 5.92 Å². The normalized spacial score (nSPS) is 23.3. The lowest BCUT2D eigenvalue weighted by molar-refractivity contribution is -0.142. The van der Waals surface area contributed by atoms with Crippen molar-refractivity contribution < 1.29 is 14.6 Å². The van der Waals surface area contributed by atoms with Gasteiger partial charge in [0.05, 0.1) is 18.6 Å². The summed E-state index contributed by atoms with van der Waals surface area (Å²) >= 11 is 0. The number of aliphatic carboxylic acids is 1. The first-order valence-electron chi connectivity index (χ1n) is 7.87. The molecule has 0 bridgehead atoms. The van der Waals surface area contributed by atoms with E-state index in [2.05, 4.69) is 20.2 Å². The Kier molecular flexibility index (Phi) is 4.72. The van der Waals surface area contributed by atoms with Gasteiger partial charge in [0.15, 0.2) is 0 Å². The second-order valence-corrected chi connectivity index (χ2v) is 5.90. The molecule has 1 aromatic heterocycles. The predicted molar refractivity (Wildman–Crippen MR) is 82.1 cm³/mol. The largest absolute Gasteiger partial charge is 0.481 e. The fraction of sp³-hybridized carbons (Fsp3) is 0.667. The smallest absolute Gasteiger partial charge is 0.306 e. The third-order valence-corrected chi connectivity index (χ3v) is 4.28. The second kappa shape index (κ2) is 6.91. The molecular weight excluding hydrogens is 284 g/mol. The van der Waals surface area contributed by atoms with Crippen molar-refractivity contribution in [3.05, 3.63) is 12.3 Å². The molecule has 0 spiro atoms. The van der Waals surface area contributed by atoms with Gasteiger partial charge in [-0.2, -0.15) is 4.98 Å². The Morgan fingerprint density at radius 3 is 2.86 bits per heavy atom. The molecule has 2 fully saturated rings. The number of nitrogens with one attached hydrogen (secondary N) is 1. The van der Waals surface area contributed by atoms with Crippen LogP contribution in [0.1, 0.15) is 25.7 Å². The summed E-state index contributed by atoms with van der Waals surface area (Å²) in [6, 6.07) is 2.16. The molecule has 120 valence electrons. The van der Waals surface area contributed by atoms with Gasteiger partial charge >= 0.3 is 5.97 Å². The van der Waals surface area contributed by atoms with Gasteiger partial charge in [-0.25, -0.2) is 4.98 Å². The lowest BCUT2D eigenvalue weighted by atomic mass is 9.97. The molecule has 0 aromatic carbocycles. The molecule has 1 unspecified atom stereocenters. The third kappa shape index (κ3) is 3.65. The highest BCUT2D eigenvalue weighted by atomic mass is 16.5. The molecular formula is C15H22N4O3. The maximum atomic E-state index is 11.0. The monoisotopic (exact) mass is 306 g/mol. The number of carbonyl (C=O) groups is 1. The van der Waals surface area contributed by atoms with Crippen LogP contribution in [-0.4, -0.2) is 53.4 Å². The van der Waals surface area contributed by atoms with Crippen molar-refractivity contribution in [1.29, 1.82) is 0 Å². The van der Waals surface area contributed by atoms with E-state index in [1.165, 1.54) is 0 Å². The average molecular weight is 306 g/mol. The minimum atomic E-state index is -0.701.